The predicted octanol–water partition coefficient (Wildman–Crippen LogP) is 1.95. The van der Waals surface area contributed by atoms with Gasteiger partial charge in [-0.05, 0) is 32.0 Å². The van der Waals surface area contributed by atoms with Gasteiger partial charge >= 0.3 is 5.69 Å². The summed E-state index contributed by atoms with van der Waals surface area (Å²) in [5.41, 5.74) is 0.0533. The van der Waals surface area contributed by atoms with Crippen LogP contribution in [0.3, 0.4) is 0 Å². The minimum absolute atomic E-state index is 0.0533. The summed E-state index contributed by atoms with van der Waals surface area (Å²) in [7, 11) is 3.63. The van der Waals surface area contributed by atoms with E-state index in [1.165, 1.54) is 12.5 Å². The van der Waals surface area contributed by atoms with Gasteiger partial charge in [-0.2, -0.15) is 0 Å². The zero-order valence-electron chi connectivity index (χ0n) is 12.9. The fraction of sp³-hybridized carbons (Fsp3) is 0.643. The van der Waals surface area contributed by atoms with Crippen molar-refractivity contribution in [1.29, 1.82) is 0 Å². The van der Waals surface area contributed by atoms with Gasteiger partial charge in [-0.15, -0.1) is 0 Å². The second kappa shape index (κ2) is 6.71. The van der Waals surface area contributed by atoms with Gasteiger partial charge in [-0.3, -0.25) is 15.0 Å². The van der Waals surface area contributed by atoms with Gasteiger partial charge in [-0.1, -0.05) is 6.92 Å². The molecular formula is C14H23N5O2. The lowest BCUT2D eigenvalue weighted by molar-refractivity contribution is -0.384. The number of nitrogens with zero attached hydrogens (tertiary/aromatic N) is 4. The van der Waals surface area contributed by atoms with Crippen LogP contribution in [0.4, 0.5) is 17.3 Å². The molecule has 0 spiro atoms. The number of nitro groups is 1. The van der Waals surface area contributed by atoms with Gasteiger partial charge in [0.15, 0.2) is 0 Å². The van der Waals surface area contributed by atoms with Crippen molar-refractivity contribution >= 4 is 17.3 Å². The van der Waals surface area contributed by atoms with Crippen LogP contribution in [-0.2, 0) is 0 Å². The Bertz CT molecular complexity index is 508. The van der Waals surface area contributed by atoms with E-state index >= 15 is 0 Å². The number of likely N-dealkylation sites (tertiary alicyclic amines) is 1. The van der Waals surface area contributed by atoms with Crippen LogP contribution >= 0.6 is 0 Å². The summed E-state index contributed by atoms with van der Waals surface area (Å²) in [6.45, 7) is 5.04. The molecule has 116 valence electrons. The third kappa shape index (κ3) is 3.41. The number of hydrogen-bond donors (Lipinski definition) is 1. The molecule has 0 aromatic carbocycles. The molecule has 1 unspecified atom stereocenters. The topological polar surface area (TPSA) is 74.5 Å². The van der Waals surface area contributed by atoms with Gasteiger partial charge in [0, 0.05) is 32.7 Å². The molecule has 1 atom stereocenters. The number of pyridine rings is 1. The van der Waals surface area contributed by atoms with E-state index in [0.717, 1.165) is 26.1 Å². The second-order valence-electron chi connectivity index (χ2n) is 5.35. The highest BCUT2D eigenvalue weighted by molar-refractivity contribution is 5.61. The van der Waals surface area contributed by atoms with E-state index in [2.05, 4.69) is 22.1 Å². The molecular weight excluding hydrogens is 270 g/mol. The number of nitrogens with one attached hydrogen (secondary N) is 1. The molecule has 1 aromatic heterocycles. The third-order valence-corrected chi connectivity index (χ3v) is 4.06. The molecule has 21 heavy (non-hydrogen) atoms. The van der Waals surface area contributed by atoms with Gasteiger partial charge in [0.25, 0.3) is 0 Å². The van der Waals surface area contributed by atoms with Crippen molar-refractivity contribution in [2.24, 2.45) is 0 Å². The summed E-state index contributed by atoms with van der Waals surface area (Å²) in [6, 6.07) is 3.58. The molecule has 2 rings (SSSR count). The first-order chi connectivity index (χ1) is 10.1. The molecule has 0 amide bonds. The van der Waals surface area contributed by atoms with Gasteiger partial charge in [-0.25, -0.2) is 4.98 Å². The fourth-order valence-corrected chi connectivity index (χ4v) is 2.92. The Labute approximate surface area is 125 Å². The lowest BCUT2D eigenvalue weighted by atomic mass is 10.2. The number of hydrogen-bond acceptors (Lipinski definition) is 6. The van der Waals surface area contributed by atoms with Crippen LogP contribution in [-0.4, -0.2) is 54.6 Å². The first kappa shape index (κ1) is 15.5. The van der Waals surface area contributed by atoms with Crippen molar-refractivity contribution in [3.8, 4) is 0 Å². The van der Waals surface area contributed by atoms with Crippen molar-refractivity contribution in [3.63, 3.8) is 0 Å². The lowest BCUT2D eigenvalue weighted by Crippen LogP contribution is -2.39. The highest BCUT2D eigenvalue weighted by atomic mass is 16.6. The zero-order valence-corrected chi connectivity index (χ0v) is 12.9. The molecule has 0 bridgehead atoms. The van der Waals surface area contributed by atoms with Crippen molar-refractivity contribution < 1.29 is 4.92 Å². The van der Waals surface area contributed by atoms with Gasteiger partial charge < -0.3 is 10.2 Å². The minimum Gasteiger partial charge on any atom is -0.373 e. The Hall–Kier alpha value is -1.89. The molecule has 0 aliphatic carbocycles. The number of likely N-dealkylation sites (N-methyl/N-ethyl adjacent to an activating group) is 2. The maximum absolute atomic E-state index is 11.2. The summed E-state index contributed by atoms with van der Waals surface area (Å²) in [6.07, 6.45) is 2.33. The van der Waals surface area contributed by atoms with Crippen LogP contribution in [0.2, 0.25) is 0 Å². The van der Waals surface area contributed by atoms with E-state index in [-0.39, 0.29) is 10.6 Å². The molecule has 1 fully saturated rings. The number of rotatable bonds is 6. The highest BCUT2D eigenvalue weighted by Gasteiger charge is 2.27. The molecule has 1 N–H and O–H groups in total. The average molecular weight is 293 g/mol. The Morgan fingerprint density at radius 2 is 2.33 bits per heavy atom. The normalized spacial score (nSPS) is 18.7. The van der Waals surface area contributed by atoms with Crippen LogP contribution in [0, 0.1) is 10.1 Å². The number of aromatic nitrogens is 1. The van der Waals surface area contributed by atoms with Crippen LogP contribution < -0.4 is 10.2 Å². The summed E-state index contributed by atoms with van der Waals surface area (Å²) in [4.78, 5) is 19.5. The van der Waals surface area contributed by atoms with Gasteiger partial charge in [0.1, 0.15) is 5.82 Å². The van der Waals surface area contributed by atoms with E-state index in [0.29, 0.717) is 17.7 Å². The van der Waals surface area contributed by atoms with Crippen LogP contribution in [0.25, 0.3) is 0 Å². The molecule has 0 saturated carbocycles. The summed E-state index contributed by atoms with van der Waals surface area (Å²) >= 11 is 0. The quantitative estimate of drug-likeness (QED) is 0.638. The predicted molar refractivity (Wildman–Crippen MR) is 84.0 cm³/mol. The molecule has 7 nitrogen and oxygen atoms in total. The lowest BCUT2D eigenvalue weighted by Gasteiger charge is -2.28. The van der Waals surface area contributed by atoms with E-state index in [4.69, 9.17) is 0 Å². The summed E-state index contributed by atoms with van der Waals surface area (Å²) in [5, 5.41) is 14.1. The monoisotopic (exact) mass is 293 g/mol. The summed E-state index contributed by atoms with van der Waals surface area (Å²) in [5.74, 6) is 1.07. The zero-order chi connectivity index (χ0) is 15.4. The first-order valence-corrected chi connectivity index (χ1v) is 7.35. The Kier molecular flexibility index (Phi) is 4.95. The van der Waals surface area contributed by atoms with Crippen molar-refractivity contribution in [3.05, 3.63) is 22.2 Å². The van der Waals surface area contributed by atoms with E-state index in [9.17, 15) is 10.1 Å². The first-order valence-electron chi connectivity index (χ1n) is 7.35. The Morgan fingerprint density at radius 3 is 2.95 bits per heavy atom. The average Bonchev–Trinajstić information content (AvgIpc) is 2.93. The summed E-state index contributed by atoms with van der Waals surface area (Å²) < 4.78 is 0. The van der Waals surface area contributed by atoms with Gasteiger partial charge in [0.05, 0.1) is 4.92 Å². The molecule has 1 aromatic rings. The Balaban J connectivity index is 2.20. The van der Waals surface area contributed by atoms with Crippen molar-refractivity contribution in [2.75, 3.05) is 43.9 Å². The van der Waals surface area contributed by atoms with Crippen LogP contribution in [0.5, 0.6) is 0 Å². The second-order valence-corrected chi connectivity index (χ2v) is 5.35. The highest BCUT2D eigenvalue weighted by Crippen LogP contribution is 2.28. The van der Waals surface area contributed by atoms with Crippen molar-refractivity contribution in [2.45, 2.75) is 25.8 Å². The largest absolute Gasteiger partial charge is 0.373 e. The molecule has 2 heterocycles. The molecule has 1 saturated heterocycles. The van der Waals surface area contributed by atoms with E-state index in [1.807, 2.05) is 11.9 Å². The molecule has 1 aliphatic rings. The van der Waals surface area contributed by atoms with Crippen LogP contribution in [0.1, 0.15) is 19.8 Å². The van der Waals surface area contributed by atoms with E-state index in [1.54, 1.807) is 13.1 Å². The Morgan fingerprint density at radius 1 is 1.57 bits per heavy atom. The molecule has 7 heteroatoms. The minimum atomic E-state index is -0.371. The fourth-order valence-electron chi connectivity index (χ4n) is 2.92. The maximum atomic E-state index is 11.2. The van der Waals surface area contributed by atoms with Crippen molar-refractivity contribution in [1.82, 2.24) is 9.88 Å². The molecule has 1 aliphatic heterocycles. The molecule has 0 radical (unpaired) electrons. The van der Waals surface area contributed by atoms with Crippen LogP contribution in [0.15, 0.2) is 12.1 Å². The maximum Gasteiger partial charge on any atom is 0.311 e. The van der Waals surface area contributed by atoms with E-state index < -0.39 is 0 Å². The number of anilines is 2. The SMILES string of the molecule is CCN1CCCC1CN(C)c1nc(NC)ccc1[N+](=O)[O-]. The smallest absolute Gasteiger partial charge is 0.311 e. The van der Waals surface area contributed by atoms with Gasteiger partial charge in [0.2, 0.25) is 5.82 Å². The standard InChI is InChI=1S/C14H23N5O2/c1-4-18-9-5-6-11(18)10-17(3)14-12(19(20)21)7-8-13(15-2)16-14/h7-8,11H,4-6,9-10H2,1-3H3,(H,15,16). The third-order valence-electron chi connectivity index (χ3n) is 4.06.